The van der Waals surface area contributed by atoms with Crippen LogP contribution < -0.4 is 4.90 Å². The maximum absolute atomic E-state index is 6.38. The lowest BCUT2D eigenvalue weighted by Crippen LogP contribution is -2.10. The molecule has 0 saturated carbocycles. The summed E-state index contributed by atoms with van der Waals surface area (Å²) < 4.78 is 6.38. The SMILES string of the molecule is c1ccc(-c2cccc(N(c3ccc4c(ccc5c6ccccc6oc45)c3)c3ccc4ccc5ccccc5c4c3)c2)cc1. The van der Waals surface area contributed by atoms with E-state index in [1.54, 1.807) is 0 Å². The van der Waals surface area contributed by atoms with Gasteiger partial charge in [-0.15, -0.1) is 0 Å². The van der Waals surface area contributed by atoms with Crippen molar-refractivity contribution >= 4 is 71.3 Å². The highest BCUT2D eigenvalue weighted by Gasteiger charge is 2.17. The minimum absolute atomic E-state index is 0.918. The van der Waals surface area contributed by atoms with E-state index in [9.17, 15) is 0 Å². The first kappa shape index (κ1) is 24.7. The van der Waals surface area contributed by atoms with Crippen LogP contribution in [0.5, 0.6) is 0 Å². The number of anilines is 3. The summed E-state index contributed by atoms with van der Waals surface area (Å²) in [6.45, 7) is 0. The molecule has 0 fully saturated rings. The van der Waals surface area contributed by atoms with Crippen LogP contribution >= 0.6 is 0 Å². The molecule has 8 aromatic carbocycles. The molecule has 44 heavy (non-hydrogen) atoms. The van der Waals surface area contributed by atoms with Crippen molar-refractivity contribution in [3.8, 4) is 11.1 Å². The molecule has 0 aliphatic heterocycles. The standard InChI is InChI=1S/C42H27NO/c1-2-9-28(10-3-1)31-12-8-13-33(25-31)43(35-21-19-30-18-17-29-11-4-5-14-36(29)40(30)27-35)34-22-24-37-32(26-34)20-23-39-38-15-6-7-16-41(38)44-42(37)39/h1-27H. The molecule has 206 valence electrons. The van der Waals surface area contributed by atoms with E-state index in [0.717, 1.165) is 49.8 Å². The van der Waals surface area contributed by atoms with Crippen molar-refractivity contribution in [3.63, 3.8) is 0 Å². The fraction of sp³-hybridized carbons (Fsp3) is 0. The van der Waals surface area contributed by atoms with Crippen molar-refractivity contribution < 1.29 is 4.42 Å². The van der Waals surface area contributed by atoms with Gasteiger partial charge in [0, 0.05) is 33.2 Å². The second kappa shape index (κ2) is 9.86. The second-order valence-corrected chi connectivity index (χ2v) is 11.4. The number of benzene rings is 8. The van der Waals surface area contributed by atoms with Crippen LogP contribution in [0.4, 0.5) is 17.1 Å². The van der Waals surface area contributed by atoms with Crippen LogP contribution in [0.15, 0.2) is 168 Å². The van der Waals surface area contributed by atoms with Gasteiger partial charge < -0.3 is 9.32 Å². The predicted octanol–water partition coefficient (Wildman–Crippen LogP) is 12.2. The Morgan fingerprint density at radius 3 is 1.89 bits per heavy atom. The fourth-order valence-corrected chi connectivity index (χ4v) is 6.67. The van der Waals surface area contributed by atoms with Gasteiger partial charge in [0.1, 0.15) is 11.2 Å². The molecule has 2 heteroatoms. The number of hydrogen-bond donors (Lipinski definition) is 0. The Labute approximate surface area is 255 Å². The molecule has 0 radical (unpaired) electrons. The molecule has 0 saturated heterocycles. The van der Waals surface area contributed by atoms with E-state index in [1.807, 2.05) is 12.1 Å². The van der Waals surface area contributed by atoms with E-state index in [4.69, 9.17) is 4.42 Å². The molecule has 0 atom stereocenters. The van der Waals surface area contributed by atoms with E-state index < -0.39 is 0 Å². The molecular formula is C42H27NO. The quantitative estimate of drug-likeness (QED) is 0.199. The minimum atomic E-state index is 0.918. The first-order valence-electron chi connectivity index (χ1n) is 15.0. The van der Waals surface area contributed by atoms with Gasteiger partial charge >= 0.3 is 0 Å². The summed E-state index contributed by atoms with van der Waals surface area (Å²) >= 11 is 0. The number of fused-ring (bicyclic) bond motifs is 8. The molecule has 0 spiro atoms. The Balaban J connectivity index is 1.27. The van der Waals surface area contributed by atoms with Crippen molar-refractivity contribution in [1.82, 2.24) is 0 Å². The third kappa shape index (κ3) is 3.96. The summed E-state index contributed by atoms with van der Waals surface area (Å²) in [6, 6.07) is 58.7. The van der Waals surface area contributed by atoms with Gasteiger partial charge in [-0.05, 0) is 92.7 Å². The van der Waals surface area contributed by atoms with Crippen molar-refractivity contribution in [3.05, 3.63) is 164 Å². The normalized spacial score (nSPS) is 11.6. The smallest absolute Gasteiger partial charge is 0.143 e. The van der Waals surface area contributed by atoms with Crippen LogP contribution in [0, 0.1) is 0 Å². The van der Waals surface area contributed by atoms with Gasteiger partial charge in [0.15, 0.2) is 0 Å². The van der Waals surface area contributed by atoms with E-state index in [0.29, 0.717) is 0 Å². The van der Waals surface area contributed by atoms with E-state index in [1.165, 1.54) is 32.7 Å². The number of nitrogens with zero attached hydrogens (tertiary/aromatic N) is 1. The topological polar surface area (TPSA) is 16.4 Å². The first-order chi connectivity index (χ1) is 21.8. The van der Waals surface area contributed by atoms with Gasteiger partial charge in [-0.2, -0.15) is 0 Å². The Bertz CT molecular complexity index is 2510. The van der Waals surface area contributed by atoms with Gasteiger partial charge in [-0.25, -0.2) is 0 Å². The molecule has 1 heterocycles. The number of furan rings is 1. The number of hydrogen-bond acceptors (Lipinski definition) is 2. The summed E-state index contributed by atoms with van der Waals surface area (Å²) in [5, 5.41) is 9.54. The molecule has 0 bridgehead atoms. The van der Waals surface area contributed by atoms with Gasteiger partial charge in [0.05, 0.1) is 0 Å². The van der Waals surface area contributed by atoms with Gasteiger partial charge in [-0.1, -0.05) is 109 Å². The summed E-state index contributed by atoms with van der Waals surface area (Å²) in [4.78, 5) is 2.37. The largest absolute Gasteiger partial charge is 0.455 e. The molecular weight excluding hydrogens is 534 g/mol. The van der Waals surface area contributed by atoms with Crippen LogP contribution in [0.25, 0.3) is 65.4 Å². The third-order valence-electron chi connectivity index (χ3n) is 8.80. The van der Waals surface area contributed by atoms with Gasteiger partial charge in [0.25, 0.3) is 0 Å². The molecule has 2 nitrogen and oxygen atoms in total. The summed E-state index contributed by atoms with van der Waals surface area (Å²) in [5.74, 6) is 0. The zero-order valence-electron chi connectivity index (χ0n) is 23.9. The van der Waals surface area contributed by atoms with Crippen molar-refractivity contribution in [1.29, 1.82) is 0 Å². The average molecular weight is 562 g/mol. The lowest BCUT2D eigenvalue weighted by molar-refractivity contribution is 0.672. The van der Waals surface area contributed by atoms with Crippen LogP contribution in [-0.2, 0) is 0 Å². The summed E-state index contributed by atoms with van der Waals surface area (Å²) in [7, 11) is 0. The minimum Gasteiger partial charge on any atom is -0.455 e. The highest BCUT2D eigenvalue weighted by atomic mass is 16.3. The lowest BCUT2D eigenvalue weighted by Gasteiger charge is -2.27. The van der Waals surface area contributed by atoms with Crippen molar-refractivity contribution in [2.45, 2.75) is 0 Å². The fourth-order valence-electron chi connectivity index (χ4n) is 6.67. The highest BCUT2D eigenvalue weighted by Crippen LogP contribution is 2.41. The number of para-hydroxylation sites is 1. The third-order valence-corrected chi connectivity index (χ3v) is 8.80. The lowest BCUT2D eigenvalue weighted by atomic mass is 10.00. The zero-order valence-corrected chi connectivity index (χ0v) is 23.9. The Morgan fingerprint density at radius 1 is 0.341 bits per heavy atom. The zero-order chi connectivity index (χ0) is 29.0. The summed E-state index contributed by atoms with van der Waals surface area (Å²) in [5.41, 5.74) is 7.55. The molecule has 0 N–H and O–H groups in total. The molecule has 1 aromatic heterocycles. The number of rotatable bonds is 4. The Hall–Kier alpha value is -5.86. The molecule has 9 rings (SSSR count). The Morgan fingerprint density at radius 2 is 0.977 bits per heavy atom. The molecule has 0 amide bonds. The molecule has 0 aliphatic rings. The maximum atomic E-state index is 6.38. The van der Waals surface area contributed by atoms with Gasteiger partial charge in [0.2, 0.25) is 0 Å². The van der Waals surface area contributed by atoms with Crippen LogP contribution in [-0.4, -0.2) is 0 Å². The van der Waals surface area contributed by atoms with Crippen molar-refractivity contribution in [2.75, 3.05) is 4.90 Å². The van der Waals surface area contributed by atoms with Crippen molar-refractivity contribution in [2.24, 2.45) is 0 Å². The van der Waals surface area contributed by atoms with Crippen LogP contribution in [0.1, 0.15) is 0 Å². The van der Waals surface area contributed by atoms with E-state index in [2.05, 4.69) is 157 Å². The summed E-state index contributed by atoms with van der Waals surface area (Å²) in [6.07, 6.45) is 0. The van der Waals surface area contributed by atoms with E-state index in [-0.39, 0.29) is 0 Å². The molecule has 0 unspecified atom stereocenters. The Kier molecular flexibility index (Phi) is 5.54. The van der Waals surface area contributed by atoms with Gasteiger partial charge in [-0.3, -0.25) is 0 Å². The van der Waals surface area contributed by atoms with Crippen LogP contribution in [0.3, 0.4) is 0 Å². The van der Waals surface area contributed by atoms with E-state index >= 15 is 0 Å². The van der Waals surface area contributed by atoms with Crippen LogP contribution in [0.2, 0.25) is 0 Å². The maximum Gasteiger partial charge on any atom is 0.143 e. The molecule has 0 aliphatic carbocycles. The highest BCUT2D eigenvalue weighted by molar-refractivity contribution is 6.15. The first-order valence-corrected chi connectivity index (χ1v) is 15.0. The predicted molar refractivity (Wildman–Crippen MR) is 186 cm³/mol. The monoisotopic (exact) mass is 561 g/mol. The second-order valence-electron chi connectivity index (χ2n) is 11.4. The average Bonchev–Trinajstić information content (AvgIpc) is 3.48. The molecule has 9 aromatic rings.